The van der Waals surface area contributed by atoms with Gasteiger partial charge in [0.2, 0.25) is 0 Å². The molecule has 0 bridgehead atoms. The highest BCUT2D eigenvalue weighted by atomic mass is 32.2. The monoisotopic (exact) mass is 360 g/mol. The Morgan fingerprint density at radius 2 is 1.60 bits per heavy atom. The van der Waals surface area contributed by atoms with Crippen molar-refractivity contribution in [2.45, 2.75) is 25.7 Å². The lowest BCUT2D eigenvalue weighted by atomic mass is 10.1. The lowest BCUT2D eigenvalue weighted by Gasteiger charge is -2.14. The van der Waals surface area contributed by atoms with Gasteiger partial charge in [-0.2, -0.15) is 0 Å². The number of aromatic nitrogens is 1. The van der Waals surface area contributed by atoms with Crippen molar-refractivity contribution in [3.8, 4) is 5.75 Å². The van der Waals surface area contributed by atoms with Crippen LogP contribution in [0.15, 0.2) is 53.6 Å². The molecule has 6 nitrogen and oxygen atoms in total. The van der Waals surface area contributed by atoms with Crippen molar-refractivity contribution in [1.29, 1.82) is 0 Å². The van der Waals surface area contributed by atoms with E-state index in [9.17, 15) is 18.1 Å². The van der Waals surface area contributed by atoms with Crippen LogP contribution in [0.5, 0.6) is 5.75 Å². The number of hydrogen-bond acceptors (Lipinski definition) is 5. The Kier molecular flexibility index (Phi) is 5.30. The van der Waals surface area contributed by atoms with Crippen LogP contribution in [0.4, 0.5) is 0 Å². The fourth-order valence-corrected chi connectivity index (χ4v) is 3.75. The molecule has 3 aromatic rings. The maximum absolute atomic E-state index is 10.8. The fraction of sp³-hybridized carbons (Fsp3) is 0.167. The molecule has 0 spiro atoms. The van der Waals surface area contributed by atoms with Crippen molar-refractivity contribution in [3.63, 3.8) is 0 Å². The molecule has 7 heteroatoms. The second kappa shape index (κ2) is 7.08. The molecule has 0 unspecified atom stereocenters. The van der Waals surface area contributed by atoms with Gasteiger partial charge in [-0.3, -0.25) is 0 Å². The van der Waals surface area contributed by atoms with Crippen LogP contribution in [0.25, 0.3) is 10.9 Å². The molecule has 0 aliphatic heterocycles. The zero-order valence-corrected chi connectivity index (χ0v) is 15.0. The summed E-state index contributed by atoms with van der Waals surface area (Å²) in [7, 11) is -4.33. The number of pyridine rings is 1. The average Bonchev–Trinajstić information content (AvgIpc) is 2.45. The van der Waals surface area contributed by atoms with Gasteiger partial charge in [0.15, 0.2) is 11.9 Å². The first-order valence-corrected chi connectivity index (χ1v) is 8.93. The topological polar surface area (TPSA) is 107 Å². The number of nitrogens with two attached hydrogens (primary N) is 1. The molecule has 0 saturated carbocycles. The van der Waals surface area contributed by atoms with Crippen LogP contribution in [-0.4, -0.2) is 18.1 Å². The zero-order chi connectivity index (χ0) is 18.8. The second-order valence-corrected chi connectivity index (χ2v) is 7.13. The van der Waals surface area contributed by atoms with Crippen LogP contribution in [0.2, 0.25) is 0 Å². The maximum atomic E-state index is 10.8. The molecule has 3 N–H and O–H groups in total. The minimum Gasteiger partial charge on any atom is -0.744 e. The van der Waals surface area contributed by atoms with Gasteiger partial charge in [0.25, 0.3) is 5.52 Å². The highest BCUT2D eigenvalue weighted by Gasteiger charge is 2.10. The van der Waals surface area contributed by atoms with Gasteiger partial charge in [-0.25, -0.2) is 14.3 Å². The number of rotatable bonds is 1. The Labute approximate surface area is 146 Å². The Balaban J connectivity index is 0.000000181. The van der Waals surface area contributed by atoms with Gasteiger partial charge in [0.05, 0.1) is 10.3 Å². The number of hydrogen-bond donors (Lipinski definition) is 2. The fourth-order valence-electron chi connectivity index (χ4n) is 2.84. The molecule has 0 atom stereocenters. The molecule has 3 rings (SSSR count). The third kappa shape index (κ3) is 4.26. The van der Waals surface area contributed by atoms with Crippen LogP contribution in [0.1, 0.15) is 16.7 Å². The first-order chi connectivity index (χ1) is 11.6. The van der Waals surface area contributed by atoms with E-state index >= 15 is 0 Å². The molecule has 1 aromatic heterocycles. The second-order valence-electron chi connectivity index (χ2n) is 5.81. The normalized spacial score (nSPS) is 11.0. The summed E-state index contributed by atoms with van der Waals surface area (Å²) in [5.41, 5.74) is 2.66. The summed E-state index contributed by atoms with van der Waals surface area (Å²) in [6, 6.07) is 12.4. The molecule has 0 radical (unpaired) electrons. The smallest absolute Gasteiger partial charge is 0.283 e. The van der Waals surface area contributed by atoms with E-state index in [1.165, 1.54) is 4.68 Å². The van der Waals surface area contributed by atoms with Crippen LogP contribution >= 0.6 is 0 Å². The van der Waals surface area contributed by atoms with E-state index in [1.807, 2.05) is 25.1 Å². The Bertz CT molecular complexity index is 971. The minimum atomic E-state index is -4.33. The largest absolute Gasteiger partial charge is 0.744 e. The first kappa shape index (κ1) is 18.7. The van der Waals surface area contributed by atoms with Gasteiger partial charge < -0.3 is 9.66 Å². The number of nitrogen functional groups attached to an aromatic ring is 1. The van der Waals surface area contributed by atoms with Crippen LogP contribution in [0, 0.1) is 20.8 Å². The summed E-state index contributed by atoms with van der Waals surface area (Å²) in [6.07, 6.45) is 1.70. The number of fused-ring (bicyclic) bond motifs is 1. The Morgan fingerprint density at radius 1 is 1.04 bits per heavy atom. The first-order valence-electron chi connectivity index (χ1n) is 7.52. The maximum Gasteiger partial charge on any atom is 0.283 e. The van der Waals surface area contributed by atoms with Gasteiger partial charge in [0.1, 0.15) is 10.1 Å². The van der Waals surface area contributed by atoms with Crippen molar-refractivity contribution < 1.29 is 22.8 Å². The van der Waals surface area contributed by atoms with E-state index in [1.54, 1.807) is 44.3 Å². The summed E-state index contributed by atoms with van der Waals surface area (Å²) >= 11 is 0. The SMILES string of the molecule is Cc1cc(C)c(S(=O)(=O)[O-])c(C)c1.N[n+]1cccc2cccc(O)c21. The molecular formula is C18H20N2O4S. The van der Waals surface area contributed by atoms with E-state index < -0.39 is 10.1 Å². The summed E-state index contributed by atoms with van der Waals surface area (Å²) in [5.74, 6) is 5.82. The molecule has 0 aliphatic carbocycles. The summed E-state index contributed by atoms with van der Waals surface area (Å²) in [6.45, 7) is 5.12. The van der Waals surface area contributed by atoms with Crippen LogP contribution in [0.3, 0.4) is 0 Å². The molecule has 0 fully saturated rings. The van der Waals surface area contributed by atoms with Crippen molar-refractivity contribution in [1.82, 2.24) is 0 Å². The summed E-state index contributed by atoms with van der Waals surface area (Å²) in [4.78, 5) is -0.0851. The number of phenolic OH excluding ortho intramolecular Hbond substituents is 1. The number of phenols is 1. The molecule has 25 heavy (non-hydrogen) atoms. The molecule has 0 amide bonds. The van der Waals surface area contributed by atoms with E-state index in [-0.39, 0.29) is 10.6 Å². The van der Waals surface area contributed by atoms with Gasteiger partial charge >= 0.3 is 0 Å². The third-order valence-electron chi connectivity index (χ3n) is 3.68. The van der Waals surface area contributed by atoms with Crippen LogP contribution in [-0.2, 0) is 10.1 Å². The number of para-hydroxylation sites is 1. The highest BCUT2D eigenvalue weighted by Crippen LogP contribution is 2.21. The summed E-state index contributed by atoms with van der Waals surface area (Å²) < 4.78 is 33.9. The minimum absolute atomic E-state index is 0.0851. The van der Waals surface area contributed by atoms with Crippen molar-refractivity contribution in [2.75, 3.05) is 5.84 Å². The van der Waals surface area contributed by atoms with Crippen LogP contribution < -0.4 is 10.5 Å². The predicted molar refractivity (Wildman–Crippen MR) is 94.6 cm³/mol. The zero-order valence-electron chi connectivity index (χ0n) is 14.2. The van der Waals surface area contributed by atoms with Gasteiger partial charge in [-0.05, 0) is 50.1 Å². The van der Waals surface area contributed by atoms with E-state index in [0.29, 0.717) is 16.6 Å². The molecule has 1 heterocycles. The molecule has 0 saturated heterocycles. The highest BCUT2D eigenvalue weighted by molar-refractivity contribution is 7.85. The number of aryl methyl sites for hydroxylation is 3. The number of aromatic hydroxyl groups is 1. The molecular weight excluding hydrogens is 340 g/mol. The average molecular weight is 360 g/mol. The number of benzene rings is 2. The third-order valence-corrected chi connectivity index (χ3v) is 4.83. The summed E-state index contributed by atoms with van der Waals surface area (Å²) in [5, 5.41) is 10.4. The lowest BCUT2D eigenvalue weighted by molar-refractivity contribution is -0.611. The van der Waals surface area contributed by atoms with Gasteiger partial charge in [-0.15, -0.1) is 0 Å². The quantitative estimate of drug-likeness (QED) is 0.392. The number of nitrogens with zero attached hydrogens (tertiary/aromatic N) is 1. The molecule has 2 aromatic carbocycles. The van der Waals surface area contributed by atoms with Crippen molar-refractivity contribution in [2.24, 2.45) is 0 Å². The molecule has 0 aliphatic rings. The van der Waals surface area contributed by atoms with Gasteiger partial charge in [-0.1, -0.05) is 28.4 Å². The predicted octanol–water partition coefficient (Wildman–Crippen LogP) is 2.06. The lowest BCUT2D eigenvalue weighted by Crippen LogP contribution is -2.44. The van der Waals surface area contributed by atoms with E-state index in [0.717, 1.165) is 10.9 Å². The standard InChI is InChI=1S/C9H8N2O.C9H12O3S/c10-11-6-2-4-7-3-1-5-8(12)9(7)11;1-6-4-7(2)9(8(3)5-6)13(10,11)12/h1-6H,10H2;4-5H,1-3H3,(H,10,11,12). The van der Waals surface area contributed by atoms with E-state index in [2.05, 4.69) is 0 Å². The Morgan fingerprint density at radius 3 is 2.12 bits per heavy atom. The van der Waals surface area contributed by atoms with E-state index in [4.69, 9.17) is 5.84 Å². The van der Waals surface area contributed by atoms with Crippen molar-refractivity contribution in [3.05, 3.63) is 65.4 Å². The van der Waals surface area contributed by atoms with Gasteiger partial charge in [0, 0.05) is 6.07 Å². The van der Waals surface area contributed by atoms with Crippen molar-refractivity contribution >= 4 is 21.0 Å². The Hall–Kier alpha value is -2.64. The molecule has 132 valence electrons.